The number of thiazole rings is 1. The molecule has 5 rings (SSSR count). The fraction of sp³-hybridized carbons (Fsp3) is 0.296. The minimum atomic E-state index is -0.140. The van der Waals surface area contributed by atoms with E-state index < -0.39 is 0 Å². The van der Waals surface area contributed by atoms with E-state index in [4.69, 9.17) is 10.1 Å². The molecule has 0 bridgehead atoms. The number of benzene rings is 2. The molecule has 0 amide bonds. The van der Waals surface area contributed by atoms with E-state index in [0.717, 1.165) is 46.4 Å². The predicted octanol–water partition coefficient (Wildman–Crippen LogP) is 6.42. The van der Waals surface area contributed by atoms with Gasteiger partial charge in [-0.25, -0.2) is 14.4 Å². The predicted molar refractivity (Wildman–Crippen MR) is 147 cm³/mol. The minimum Gasteiger partial charge on any atom is -0.283 e. The van der Waals surface area contributed by atoms with Crippen molar-refractivity contribution in [2.24, 2.45) is 23.1 Å². The molecular formula is C27H28BrN5OS. The van der Waals surface area contributed by atoms with Crippen molar-refractivity contribution in [3.63, 3.8) is 0 Å². The molecule has 6 nitrogen and oxygen atoms in total. The molecule has 180 valence electrons. The molecule has 1 saturated carbocycles. The monoisotopic (exact) mass is 549 g/mol. The highest BCUT2D eigenvalue weighted by Gasteiger charge is 2.18. The second kappa shape index (κ2) is 9.95. The fourth-order valence-corrected chi connectivity index (χ4v) is 5.83. The van der Waals surface area contributed by atoms with Crippen LogP contribution in [0.2, 0.25) is 0 Å². The molecule has 1 atom stereocenters. The minimum absolute atomic E-state index is 0.140. The van der Waals surface area contributed by atoms with Gasteiger partial charge in [0, 0.05) is 28.2 Å². The zero-order chi connectivity index (χ0) is 24.5. The first kappa shape index (κ1) is 23.8. The summed E-state index contributed by atoms with van der Waals surface area (Å²) in [6, 6.07) is 17.9. The van der Waals surface area contributed by atoms with Crippen molar-refractivity contribution in [1.82, 2.24) is 14.0 Å². The lowest BCUT2D eigenvalue weighted by molar-refractivity contribution is 0.497. The first-order valence-corrected chi connectivity index (χ1v) is 13.5. The zero-order valence-electron chi connectivity index (χ0n) is 20.1. The standard InChI is InChI=1S/C27H28BrN5OS/c1-18-9-7-12-22(15-18)30-32-24(20-10-8-11-21(28)16-20)17-35-27(32)29-25-19(2)31(3)33(26(25)34)23-13-5-4-6-14-23/h4-6,8,10-11,13-14,16-18H,7,9,12,15H2,1-3H3. The number of halogens is 1. The molecule has 0 N–H and O–H groups in total. The smallest absolute Gasteiger partial charge is 0.283 e. The average molecular weight is 551 g/mol. The van der Waals surface area contributed by atoms with Gasteiger partial charge in [0.2, 0.25) is 4.80 Å². The van der Waals surface area contributed by atoms with Crippen molar-refractivity contribution in [3.8, 4) is 16.9 Å². The van der Waals surface area contributed by atoms with Gasteiger partial charge in [0.1, 0.15) is 0 Å². The van der Waals surface area contributed by atoms with E-state index in [-0.39, 0.29) is 5.56 Å². The largest absolute Gasteiger partial charge is 0.297 e. The van der Waals surface area contributed by atoms with E-state index in [0.29, 0.717) is 16.4 Å². The van der Waals surface area contributed by atoms with Gasteiger partial charge in [0.25, 0.3) is 5.56 Å². The van der Waals surface area contributed by atoms with Crippen LogP contribution in [0.5, 0.6) is 0 Å². The van der Waals surface area contributed by atoms with Crippen LogP contribution in [0.15, 0.2) is 79.3 Å². The molecular weight excluding hydrogens is 522 g/mol. The van der Waals surface area contributed by atoms with Crippen LogP contribution in [-0.2, 0) is 7.05 Å². The van der Waals surface area contributed by atoms with E-state index >= 15 is 0 Å². The van der Waals surface area contributed by atoms with Gasteiger partial charge in [-0.2, -0.15) is 5.10 Å². The van der Waals surface area contributed by atoms with E-state index in [2.05, 4.69) is 40.4 Å². The van der Waals surface area contributed by atoms with Crippen LogP contribution in [0.3, 0.4) is 0 Å². The van der Waals surface area contributed by atoms with Crippen LogP contribution in [0.4, 0.5) is 5.69 Å². The third kappa shape index (κ3) is 4.77. The molecule has 0 spiro atoms. The van der Waals surface area contributed by atoms with E-state index in [1.807, 2.05) is 65.8 Å². The summed E-state index contributed by atoms with van der Waals surface area (Å²) in [6.07, 6.45) is 4.38. The number of rotatable bonds is 4. The average Bonchev–Trinajstić information content (AvgIpc) is 3.33. The van der Waals surface area contributed by atoms with Crippen molar-refractivity contribution >= 4 is 38.7 Å². The Morgan fingerprint density at radius 2 is 1.91 bits per heavy atom. The molecule has 2 aromatic heterocycles. The van der Waals surface area contributed by atoms with E-state index in [1.54, 1.807) is 4.68 Å². The second-order valence-corrected chi connectivity index (χ2v) is 10.9. The lowest BCUT2D eigenvalue weighted by Crippen LogP contribution is -2.20. The molecule has 2 heterocycles. The van der Waals surface area contributed by atoms with Gasteiger partial charge in [0.05, 0.1) is 17.1 Å². The van der Waals surface area contributed by atoms with Crippen LogP contribution >= 0.6 is 27.3 Å². The quantitative estimate of drug-likeness (QED) is 0.289. The molecule has 1 unspecified atom stereocenters. The van der Waals surface area contributed by atoms with Gasteiger partial charge in [-0.3, -0.25) is 9.48 Å². The SMILES string of the molecule is Cc1c(N=c2scc(-c3cccc(Br)c3)n2N=C2CCCC(C)C2)c(=O)n(-c2ccccc2)n1C. The lowest BCUT2D eigenvalue weighted by atomic mass is 9.89. The third-order valence-corrected chi connectivity index (χ3v) is 7.83. The number of para-hydroxylation sites is 1. The Labute approximate surface area is 217 Å². The van der Waals surface area contributed by atoms with Crippen molar-refractivity contribution in [1.29, 1.82) is 0 Å². The maximum absolute atomic E-state index is 13.5. The third-order valence-electron chi connectivity index (χ3n) is 6.52. The van der Waals surface area contributed by atoms with Gasteiger partial charge in [-0.05, 0) is 62.8 Å². The summed E-state index contributed by atoms with van der Waals surface area (Å²) >= 11 is 5.10. The molecule has 4 aromatic rings. The Morgan fingerprint density at radius 3 is 2.66 bits per heavy atom. The van der Waals surface area contributed by atoms with Crippen LogP contribution < -0.4 is 10.4 Å². The highest BCUT2D eigenvalue weighted by molar-refractivity contribution is 9.10. The summed E-state index contributed by atoms with van der Waals surface area (Å²) in [5.41, 5.74) is 5.13. The zero-order valence-corrected chi connectivity index (χ0v) is 22.5. The van der Waals surface area contributed by atoms with Gasteiger partial charge < -0.3 is 0 Å². The summed E-state index contributed by atoms with van der Waals surface area (Å²) in [4.78, 5) is 19.1. The molecule has 1 aliphatic rings. The number of hydrogen-bond donors (Lipinski definition) is 0. The molecule has 1 aliphatic carbocycles. The molecule has 0 aliphatic heterocycles. The molecule has 1 fully saturated rings. The molecule has 35 heavy (non-hydrogen) atoms. The first-order chi connectivity index (χ1) is 16.9. The number of nitrogens with zero attached hydrogens (tertiary/aromatic N) is 5. The molecule has 0 saturated heterocycles. The summed E-state index contributed by atoms with van der Waals surface area (Å²) in [5.74, 6) is 0.630. The normalized spacial score (nSPS) is 17.9. The Hall–Kier alpha value is -2.97. The lowest BCUT2D eigenvalue weighted by Gasteiger charge is -2.19. The summed E-state index contributed by atoms with van der Waals surface area (Å²) in [5, 5.41) is 7.17. The molecule has 8 heteroatoms. The summed E-state index contributed by atoms with van der Waals surface area (Å²) in [7, 11) is 1.89. The highest BCUT2D eigenvalue weighted by atomic mass is 79.9. The summed E-state index contributed by atoms with van der Waals surface area (Å²) < 4.78 is 6.46. The van der Waals surface area contributed by atoms with Crippen molar-refractivity contribution in [3.05, 3.63) is 85.3 Å². The summed E-state index contributed by atoms with van der Waals surface area (Å²) in [6.45, 7) is 4.22. The van der Waals surface area contributed by atoms with Crippen molar-refractivity contribution < 1.29 is 0 Å². The highest BCUT2D eigenvalue weighted by Crippen LogP contribution is 2.26. The van der Waals surface area contributed by atoms with Crippen LogP contribution in [-0.4, -0.2) is 19.8 Å². The Bertz CT molecular complexity index is 1520. The second-order valence-electron chi connectivity index (χ2n) is 9.12. The van der Waals surface area contributed by atoms with Crippen LogP contribution in [0.25, 0.3) is 16.9 Å². The van der Waals surface area contributed by atoms with Gasteiger partial charge in [-0.1, -0.05) is 53.2 Å². The maximum atomic E-state index is 13.5. The van der Waals surface area contributed by atoms with Crippen molar-refractivity contribution in [2.75, 3.05) is 0 Å². The van der Waals surface area contributed by atoms with Gasteiger partial charge in [-0.15, -0.1) is 11.3 Å². The Morgan fingerprint density at radius 1 is 1.11 bits per heavy atom. The maximum Gasteiger partial charge on any atom is 0.297 e. The number of aromatic nitrogens is 3. The fourth-order valence-electron chi connectivity index (χ4n) is 4.59. The van der Waals surface area contributed by atoms with Crippen molar-refractivity contribution in [2.45, 2.75) is 39.5 Å². The molecule has 0 radical (unpaired) electrons. The van der Waals surface area contributed by atoms with Crippen LogP contribution in [0.1, 0.15) is 38.3 Å². The molecule has 2 aromatic carbocycles. The topological polar surface area (TPSA) is 56.6 Å². The Balaban J connectivity index is 1.71. The number of hydrogen-bond acceptors (Lipinski definition) is 4. The Kier molecular flexibility index (Phi) is 6.75. The van der Waals surface area contributed by atoms with E-state index in [1.165, 1.54) is 23.5 Å². The van der Waals surface area contributed by atoms with Gasteiger partial charge in [0.15, 0.2) is 5.69 Å². The first-order valence-electron chi connectivity index (χ1n) is 11.8. The van der Waals surface area contributed by atoms with Crippen LogP contribution in [0, 0.1) is 12.8 Å². The van der Waals surface area contributed by atoms with E-state index in [9.17, 15) is 4.79 Å². The van der Waals surface area contributed by atoms with Gasteiger partial charge >= 0.3 is 0 Å².